The van der Waals surface area contributed by atoms with Crippen molar-refractivity contribution in [3.63, 3.8) is 0 Å². The van der Waals surface area contributed by atoms with E-state index in [1.807, 2.05) is 7.05 Å². The van der Waals surface area contributed by atoms with Crippen LogP contribution in [0.5, 0.6) is 0 Å². The van der Waals surface area contributed by atoms with Crippen molar-refractivity contribution in [1.29, 1.82) is 0 Å². The van der Waals surface area contributed by atoms with Gasteiger partial charge in [-0.15, -0.1) is 0 Å². The first-order chi connectivity index (χ1) is 12.9. The molecule has 3 rings (SSSR count). The van der Waals surface area contributed by atoms with Crippen molar-refractivity contribution in [3.8, 4) is 0 Å². The summed E-state index contributed by atoms with van der Waals surface area (Å²) in [5, 5.41) is 2.74. The van der Waals surface area contributed by atoms with Crippen LogP contribution in [0, 0.1) is 0 Å². The highest BCUT2D eigenvalue weighted by molar-refractivity contribution is 5.81. The number of hydrogen-bond donors (Lipinski definition) is 1. The topological polar surface area (TPSA) is 50.2 Å². The van der Waals surface area contributed by atoms with Crippen molar-refractivity contribution in [3.05, 3.63) is 30.1 Å². The van der Waals surface area contributed by atoms with Gasteiger partial charge >= 0.3 is 6.18 Å². The van der Waals surface area contributed by atoms with Gasteiger partial charge in [0.15, 0.2) is 0 Å². The van der Waals surface area contributed by atoms with Crippen LogP contribution in [0.1, 0.15) is 37.9 Å². The highest BCUT2D eigenvalue weighted by atomic mass is 19.4. The summed E-state index contributed by atoms with van der Waals surface area (Å²) in [7, 11) is 2.03. The van der Waals surface area contributed by atoms with Crippen LogP contribution in [0.2, 0.25) is 0 Å². The lowest BCUT2D eigenvalue weighted by molar-refractivity contribution is -0.147. The fourth-order valence-electron chi connectivity index (χ4n) is 3.73. The molecule has 0 atom stereocenters. The van der Waals surface area contributed by atoms with E-state index in [1.165, 1.54) is 38.2 Å². The number of aromatic nitrogens is 2. The predicted molar refractivity (Wildman–Crippen MR) is 97.2 cm³/mol. The number of nitrogens with zero attached hydrogens (tertiary/aromatic N) is 3. The number of halogens is 3. The molecule has 1 aromatic carbocycles. The lowest BCUT2D eigenvalue weighted by Crippen LogP contribution is -2.40. The van der Waals surface area contributed by atoms with E-state index < -0.39 is 24.5 Å². The number of carbonyl (C=O) groups is 1. The molecule has 5 nitrogen and oxygen atoms in total. The maximum atomic E-state index is 13.3. The molecule has 148 valence electrons. The van der Waals surface area contributed by atoms with Gasteiger partial charge in [-0.25, -0.2) is 4.98 Å². The number of hydrogen-bond acceptors (Lipinski definition) is 3. The van der Waals surface area contributed by atoms with Gasteiger partial charge in [0, 0.05) is 19.1 Å². The number of likely N-dealkylation sites (N-methyl/N-ethyl adjacent to an activating group) is 1. The second-order valence-corrected chi connectivity index (χ2v) is 7.13. The van der Waals surface area contributed by atoms with Crippen molar-refractivity contribution >= 4 is 16.9 Å². The Labute approximate surface area is 156 Å². The molecular formula is C19H25F3N4O. The van der Waals surface area contributed by atoms with Crippen molar-refractivity contribution in [2.24, 2.45) is 0 Å². The molecule has 1 amide bonds. The molecule has 2 aromatic rings. The predicted octanol–water partition coefficient (Wildman–Crippen LogP) is 3.44. The summed E-state index contributed by atoms with van der Waals surface area (Å²) in [4.78, 5) is 18.1. The lowest BCUT2D eigenvalue weighted by atomic mass is 9.94. The number of carbonyl (C=O) groups excluding carboxylic acids is 1. The highest BCUT2D eigenvalue weighted by Gasteiger charge is 2.38. The van der Waals surface area contributed by atoms with Crippen LogP contribution < -0.4 is 5.32 Å². The molecule has 0 saturated heterocycles. The Morgan fingerprint density at radius 1 is 1.26 bits per heavy atom. The van der Waals surface area contributed by atoms with E-state index in [4.69, 9.17) is 0 Å². The molecule has 0 unspecified atom stereocenters. The van der Waals surface area contributed by atoms with Crippen LogP contribution >= 0.6 is 0 Å². The first-order valence-electron chi connectivity index (χ1n) is 9.35. The second-order valence-electron chi connectivity index (χ2n) is 7.13. The van der Waals surface area contributed by atoms with Gasteiger partial charge in [0.05, 0.1) is 11.0 Å². The Hall–Kier alpha value is -2.09. The van der Waals surface area contributed by atoms with Crippen LogP contribution in [0.4, 0.5) is 13.2 Å². The smallest absolute Gasteiger partial charge is 0.353 e. The molecule has 1 heterocycles. The van der Waals surface area contributed by atoms with Gasteiger partial charge in [0.2, 0.25) is 11.7 Å². The zero-order valence-corrected chi connectivity index (χ0v) is 15.4. The molecule has 27 heavy (non-hydrogen) atoms. The molecule has 0 aliphatic heterocycles. The molecule has 0 bridgehead atoms. The Balaban J connectivity index is 1.60. The number of rotatable bonds is 6. The largest absolute Gasteiger partial charge is 0.449 e. The summed E-state index contributed by atoms with van der Waals surface area (Å²) < 4.78 is 40.8. The summed E-state index contributed by atoms with van der Waals surface area (Å²) in [5.74, 6) is -1.49. The first kappa shape index (κ1) is 19.7. The standard InChI is InChI=1S/C19H25F3N4O/c1-25(14-7-3-2-4-8-14)12-11-23-17(27)13-26-16-10-6-5-9-15(16)24-18(26)19(20,21)22/h5-6,9-10,14H,2-4,7-8,11-13H2,1H3,(H,23,27). The van der Waals surface area contributed by atoms with Gasteiger partial charge in [0.1, 0.15) is 6.54 Å². The number of alkyl halides is 3. The van der Waals surface area contributed by atoms with E-state index >= 15 is 0 Å². The minimum absolute atomic E-state index is 0.231. The van der Waals surface area contributed by atoms with Crippen molar-refractivity contribution in [1.82, 2.24) is 19.8 Å². The lowest BCUT2D eigenvalue weighted by Gasteiger charge is -2.31. The van der Waals surface area contributed by atoms with Crippen LogP contribution in [-0.4, -0.2) is 46.5 Å². The maximum absolute atomic E-state index is 13.3. The van der Waals surface area contributed by atoms with Gasteiger partial charge in [-0.05, 0) is 32.0 Å². The zero-order chi connectivity index (χ0) is 19.4. The molecule has 1 aliphatic rings. The normalized spacial score (nSPS) is 16.2. The summed E-state index contributed by atoms with van der Waals surface area (Å²) in [5.41, 5.74) is 0.536. The minimum atomic E-state index is -4.61. The molecule has 1 aromatic heterocycles. The molecule has 0 spiro atoms. The summed E-state index contributed by atoms with van der Waals surface area (Å²) >= 11 is 0. The van der Waals surface area contributed by atoms with Gasteiger partial charge in [0.25, 0.3) is 0 Å². The number of benzene rings is 1. The third-order valence-corrected chi connectivity index (χ3v) is 5.19. The van der Waals surface area contributed by atoms with Crippen LogP contribution in [-0.2, 0) is 17.5 Å². The maximum Gasteiger partial charge on any atom is 0.449 e. The molecule has 1 saturated carbocycles. The van der Waals surface area contributed by atoms with Crippen molar-refractivity contribution < 1.29 is 18.0 Å². The summed E-state index contributed by atoms with van der Waals surface area (Å²) in [6, 6.07) is 6.85. The summed E-state index contributed by atoms with van der Waals surface area (Å²) in [6.07, 6.45) is 1.47. The second kappa shape index (κ2) is 8.29. The average molecular weight is 382 g/mol. The van der Waals surface area contributed by atoms with Gasteiger partial charge in [-0.3, -0.25) is 4.79 Å². The van der Waals surface area contributed by atoms with E-state index in [0.29, 0.717) is 24.6 Å². The number of fused-ring (bicyclic) bond motifs is 1. The van der Waals surface area contributed by atoms with E-state index in [-0.39, 0.29) is 5.52 Å². The third-order valence-electron chi connectivity index (χ3n) is 5.19. The molecular weight excluding hydrogens is 357 g/mol. The SMILES string of the molecule is CN(CCNC(=O)Cn1c(C(F)(F)F)nc2ccccc21)C1CCCCC1. The third kappa shape index (κ3) is 4.80. The van der Waals surface area contributed by atoms with Gasteiger partial charge in [-0.2, -0.15) is 13.2 Å². The van der Waals surface area contributed by atoms with Gasteiger partial charge < -0.3 is 14.8 Å². The number of nitrogens with one attached hydrogen (secondary N) is 1. The van der Waals surface area contributed by atoms with E-state index in [9.17, 15) is 18.0 Å². The van der Waals surface area contributed by atoms with E-state index in [0.717, 1.165) is 4.57 Å². The summed E-state index contributed by atoms with van der Waals surface area (Å²) in [6.45, 7) is 0.704. The van der Waals surface area contributed by atoms with Crippen LogP contribution in [0.3, 0.4) is 0 Å². The molecule has 1 N–H and O–H groups in total. The van der Waals surface area contributed by atoms with Crippen LogP contribution in [0.15, 0.2) is 24.3 Å². The molecule has 8 heteroatoms. The number of amides is 1. The van der Waals surface area contributed by atoms with E-state index in [1.54, 1.807) is 18.2 Å². The Kier molecular flexibility index (Phi) is 6.04. The quantitative estimate of drug-likeness (QED) is 0.833. The first-order valence-corrected chi connectivity index (χ1v) is 9.35. The fourth-order valence-corrected chi connectivity index (χ4v) is 3.73. The number of imidazole rings is 1. The van der Waals surface area contributed by atoms with Crippen molar-refractivity contribution in [2.45, 2.75) is 50.9 Å². The average Bonchev–Trinajstić information content (AvgIpc) is 3.01. The highest BCUT2D eigenvalue weighted by Crippen LogP contribution is 2.31. The molecule has 1 fully saturated rings. The fraction of sp³-hybridized carbons (Fsp3) is 0.579. The monoisotopic (exact) mass is 382 g/mol. The Bertz CT molecular complexity index is 781. The minimum Gasteiger partial charge on any atom is -0.353 e. The van der Waals surface area contributed by atoms with E-state index in [2.05, 4.69) is 15.2 Å². The molecule has 0 radical (unpaired) electrons. The van der Waals surface area contributed by atoms with Crippen molar-refractivity contribution in [2.75, 3.05) is 20.1 Å². The van der Waals surface area contributed by atoms with Gasteiger partial charge in [-0.1, -0.05) is 31.4 Å². The Morgan fingerprint density at radius 2 is 1.96 bits per heavy atom. The van der Waals surface area contributed by atoms with Crippen LogP contribution in [0.25, 0.3) is 11.0 Å². The zero-order valence-electron chi connectivity index (χ0n) is 15.4. The number of para-hydroxylation sites is 2. The molecule has 1 aliphatic carbocycles. The Morgan fingerprint density at radius 3 is 2.67 bits per heavy atom.